The summed E-state index contributed by atoms with van der Waals surface area (Å²) in [4.78, 5) is 6.45. The predicted octanol–water partition coefficient (Wildman–Crippen LogP) is 4.89. The van der Waals surface area contributed by atoms with E-state index >= 15 is 0 Å². The van der Waals surface area contributed by atoms with Crippen LogP contribution in [0.5, 0.6) is 5.75 Å². The van der Waals surface area contributed by atoms with Crippen molar-refractivity contribution in [2.45, 2.75) is 25.1 Å². The molecule has 0 amide bonds. The first-order chi connectivity index (χ1) is 13.9. The van der Waals surface area contributed by atoms with Gasteiger partial charge in [0.25, 0.3) is 0 Å². The predicted molar refractivity (Wildman–Crippen MR) is 99.1 cm³/mol. The summed E-state index contributed by atoms with van der Waals surface area (Å²) < 4.78 is 54.6. The first-order valence-corrected chi connectivity index (χ1v) is 9.15. The van der Waals surface area contributed by atoms with E-state index in [0.29, 0.717) is 17.2 Å². The number of nitrogens with one attached hydrogen (secondary N) is 1. The second kappa shape index (κ2) is 7.73. The van der Waals surface area contributed by atoms with Crippen LogP contribution in [0.4, 0.5) is 23.2 Å². The van der Waals surface area contributed by atoms with E-state index in [2.05, 4.69) is 24.8 Å². The first-order valence-electron chi connectivity index (χ1n) is 9.15. The summed E-state index contributed by atoms with van der Waals surface area (Å²) in [5.41, 5.74) is 2.94. The third kappa shape index (κ3) is 4.49. The summed E-state index contributed by atoms with van der Waals surface area (Å²) in [6.07, 6.45) is 0.365. The van der Waals surface area contributed by atoms with Gasteiger partial charge in [-0.1, -0.05) is 0 Å². The molecule has 29 heavy (non-hydrogen) atoms. The number of alkyl halides is 3. The maximum atomic E-state index is 14.0. The third-order valence-electron chi connectivity index (χ3n) is 5.02. The largest absolute Gasteiger partial charge is 0.573 e. The fraction of sp³-hybridized carbons (Fsp3) is 0.300. The number of pyridine rings is 1. The quantitative estimate of drug-likeness (QED) is 0.627. The molecule has 9 heteroatoms. The van der Waals surface area contributed by atoms with Crippen LogP contribution in [0, 0.1) is 5.82 Å². The van der Waals surface area contributed by atoms with Crippen LogP contribution in [0.2, 0.25) is 0 Å². The zero-order valence-electron chi connectivity index (χ0n) is 15.3. The number of halogens is 4. The zero-order chi connectivity index (χ0) is 20.4. The maximum absolute atomic E-state index is 14.0. The molecule has 0 aliphatic carbocycles. The molecule has 152 valence electrons. The average molecular weight is 406 g/mol. The third-order valence-corrected chi connectivity index (χ3v) is 5.02. The molecule has 1 fully saturated rings. The van der Waals surface area contributed by atoms with Crippen LogP contribution in [0.25, 0.3) is 11.3 Å². The molecule has 0 unspecified atom stereocenters. The second-order valence-electron chi connectivity index (χ2n) is 6.87. The van der Waals surface area contributed by atoms with Gasteiger partial charge in [0, 0.05) is 48.3 Å². The molecule has 2 aromatic heterocycles. The Morgan fingerprint density at radius 3 is 2.48 bits per heavy atom. The fourth-order valence-electron chi connectivity index (χ4n) is 3.58. The first kappa shape index (κ1) is 19.2. The van der Waals surface area contributed by atoms with Crippen LogP contribution in [0.15, 0.2) is 48.8 Å². The monoisotopic (exact) mass is 406 g/mol. The molecule has 1 saturated heterocycles. The molecule has 1 aromatic carbocycles. The van der Waals surface area contributed by atoms with E-state index in [1.165, 1.54) is 6.07 Å². The maximum Gasteiger partial charge on any atom is 0.573 e. The Kier molecular flexibility index (Phi) is 5.12. The van der Waals surface area contributed by atoms with Crippen molar-refractivity contribution in [3.8, 4) is 17.0 Å². The number of benzene rings is 1. The van der Waals surface area contributed by atoms with Crippen LogP contribution >= 0.6 is 0 Å². The van der Waals surface area contributed by atoms with Crippen LogP contribution in [0.1, 0.15) is 24.5 Å². The van der Waals surface area contributed by atoms with Gasteiger partial charge < -0.3 is 9.64 Å². The molecule has 5 nitrogen and oxygen atoms in total. The van der Waals surface area contributed by atoms with Crippen LogP contribution < -0.4 is 9.64 Å². The summed E-state index contributed by atoms with van der Waals surface area (Å²) in [5.74, 6) is -1.52. The summed E-state index contributed by atoms with van der Waals surface area (Å²) in [6.45, 7) is 1.69. The van der Waals surface area contributed by atoms with Crippen LogP contribution in [-0.2, 0) is 0 Å². The summed E-state index contributed by atoms with van der Waals surface area (Å²) in [7, 11) is 0. The van der Waals surface area contributed by atoms with Gasteiger partial charge in [-0.3, -0.25) is 10.1 Å². The van der Waals surface area contributed by atoms with Crippen LogP contribution in [-0.4, -0.2) is 34.6 Å². The van der Waals surface area contributed by atoms with E-state index in [-0.39, 0.29) is 0 Å². The Labute approximate surface area is 164 Å². The highest BCUT2D eigenvalue weighted by molar-refractivity contribution is 5.65. The van der Waals surface area contributed by atoms with E-state index in [9.17, 15) is 17.6 Å². The minimum atomic E-state index is -4.94. The van der Waals surface area contributed by atoms with E-state index in [1.54, 1.807) is 12.4 Å². The van der Waals surface area contributed by atoms with Crippen molar-refractivity contribution in [3.63, 3.8) is 0 Å². The summed E-state index contributed by atoms with van der Waals surface area (Å²) >= 11 is 0. The lowest BCUT2D eigenvalue weighted by atomic mass is 9.93. The molecular formula is C20H18F4N4O. The Morgan fingerprint density at radius 2 is 1.83 bits per heavy atom. The molecule has 0 saturated carbocycles. The number of anilines is 1. The van der Waals surface area contributed by atoms with Crippen molar-refractivity contribution < 1.29 is 22.3 Å². The second-order valence-corrected chi connectivity index (χ2v) is 6.87. The number of nitrogens with zero attached hydrogens (tertiary/aromatic N) is 3. The lowest BCUT2D eigenvalue weighted by Gasteiger charge is -2.33. The van der Waals surface area contributed by atoms with Gasteiger partial charge in [0.05, 0.1) is 5.69 Å². The Balaban J connectivity index is 1.49. The highest BCUT2D eigenvalue weighted by Gasteiger charge is 2.32. The number of ether oxygens (including phenoxy) is 1. The molecule has 1 N–H and O–H groups in total. The van der Waals surface area contributed by atoms with Crippen molar-refractivity contribution in [1.29, 1.82) is 0 Å². The van der Waals surface area contributed by atoms with Crippen molar-refractivity contribution in [2.24, 2.45) is 0 Å². The van der Waals surface area contributed by atoms with Gasteiger partial charge in [-0.15, -0.1) is 13.2 Å². The lowest BCUT2D eigenvalue weighted by molar-refractivity contribution is -0.275. The van der Waals surface area contributed by atoms with E-state index in [4.69, 9.17) is 0 Å². The molecule has 0 atom stereocenters. The number of hydrogen-bond acceptors (Lipinski definition) is 4. The SMILES string of the molecule is Fc1cc(-c2cc(N3CCC(c4ccn[nH]4)CC3)ccn2)ccc1OC(F)(F)F. The number of hydrogen-bond donors (Lipinski definition) is 1. The van der Waals surface area contributed by atoms with Crippen LogP contribution in [0.3, 0.4) is 0 Å². The molecular weight excluding hydrogens is 388 g/mol. The topological polar surface area (TPSA) is 54.0 Å². The zero-order valence-corrected chi connectivity index (χ0v) is 15.3. The van der Waals surface area contributed by atoms with Gasteiger partial charge in [-0.25, -0.2) is 4.39 Å². The smallest absolute Gasteiger partial charge is 0.403 e. The highest BCUT2D eigenvalue weighted by atomic mass is 19.4. The van der Waals surface area contributed by atoms with Gasteiger partial charge in [0.1, 0.15) is 0 Å². The lowest BCUT2D eigenvalue weighted by Crippen LogP contribution is -2.33. The number of aromatic nitrogens is 3. The fourth-order valence-corrected chi connectivity index (χ4v) is 3.58. The number of piperidine rings is 1. The average Bonchev–Trinajstić information content (AvgIpc) is 3.24. The minimum Gasteiger partial charge on any atom is -0.403 e. The van der Waals surface area contributed by atoms with Gasteiger partial charge >= 0.3 is 6.36 Å². The van der Waals surface area contributed by atoms with Gasteiger partial charge in [0.15, 0.2) is 11.6 Å². The van der Waals surface area contributed by atoms with Crippen molar-refractivity contribution >= 4 is 5.69 Å². The van der Waals surface area contributed by atoms with E-state index in [1.807, 2.05) is 18.2 Å². The normalized spacial score (nSPS) is 15.5. The molecule has 0 bridgehead atoms. The minimum absolute atomic E-state index is 0.381. The summed E-state index contributed by atoms with van der Waals surface area (Å²) in [6, 6.07) is 9.00. The van der Waals surface area contributed by atoms with Gasteiger partial charge in [-0.05, 0) is 49.2 Å². The molecule has 4 rings (SSSR count). The molecule has 3 heterocycles. The highest BCUT2D eigenvalue weighted by Crippen LogP contribution is 2.32. The number of rotatable bonds is 4. The molecule has 1 aliphatic rings. The molecule has 3 aromatic rings. The van der Waals surface area contributed by atoms with Gasteiger partial charge in [0.2, 0.25) is 0 Å². The van der Waals surface area contributed by atoms with Crippen molar-refractivity contribution in [1.82, 2.24) is 15.2 Å². The van der Waals surface area contributed by atoms with Gasteiger partial charge in [-0.2, -0.15) is 5.10 Å². The number of H-pyrrole nitrogens is 1. The standard InChI is InChI=1S/C20H18F4N4O/c21-16-11-14(1-2-19(16)29-20(22,23)24)18-12-15(3-7-25-18)28-9-5-13(6-10-28)17-4-8-26-27-17/h1-4,7-8,11-13H,5-6,9-10H2,(H,26,27). The Morgan fingerprint density at radius 1 is 1.03 bits per heavy atom. The number of aromatic amines is 1. The van der Waals surface area contributed by atoms with E-state index < -0.39 is 17.9 Å². The summed E-state index contributed by atoms with van der Waals surface area (Å²) in [5, 5.41) is 7.03. The van der Waals surface area contributed by atoms with Crippen molar-refractivity contribution in [2.75, 3.05) is 18.0 Å². The molecule has 1 aliphatic heterocycles. The van der Waals surface area contributed by atoms with E-state index in [0.717, 1.165) is 49.4 Å². The molecule has 0 spiro atoms. The molecule has 0 radical (unpaired) electrons. The Bertz CT molecular complexity index is 967. The Hall–Kier alpha value is -3.10. The van der Waals surface area contributed by atoms with Crippen molar-refractivity contribution in [3.05, 3.63) is 60.3 Å².